The molecule has 2 rings (SSSR count). The molecule has 0 saturated carbocycles. The summed E-state index contributed by atoms with van der Waals surface area (Å²) >= 11 is -11.4. The molecule has 0 amide bonds. The van der Waals surface area contributed by atoms with Gasteiger partial charge < -0.3 is 4.74 Å². The van der Waals surface area contributed by atoms with Crippen molar-refractivity contribution in [1.29, 1.82) is 0 Å². The van der Waals surface area contributed by atoms with Crippen molar-refractivity contribution in [3.63, 3.8) is 0 Å². The summed E-state index contributed by atoms with van der Waals surface area (Å²) in [6.07, 6.45) is 0. The Kier molecular flexibility index (Phi) is 5.71. The van der Waals surface area contributed by atoms with Gasteiger partial charge in [-0.15, -0.1) is 0 Å². The Morgan fingerprint density at radius 3 is 1.73 bits per heavy atom. The van der Waals surface area contributed by atoms with Gasteiger partial charge in [0.25, 0.3) is 0 Å². The second-order valence-corrected chi connectivity index (χ2v) is 12.4. The number of para-hydroxylation sites is 1. The third-order valence-corrected chi connectivity index (χ3v) is 4.81. The van der Waals surface area contributed by atoms with Crippen LogP contribution in [0.1, 0.15) is 0 Å². The second-order valence-electron chi connectivity index (χ2n) is 3.98. The standard InChI is InChI=1S/C13H12IO.6FH.Sb/c1-15-13-10-6-5-9-12(13)14-11-7-3-2-4-8-11;;;;;;;/h2-10H,1H3;6*1H;/q+1;;;;;;;+5/p-6. The molecule has 0 N–H and O–H groups in total. The Labute approximate surface area is 136 Å². The molecule has 0 bridgehead atoms. The SMILES string of the molecule is COc1ccccc1[I+]c1ccccc1.[F][Sb-]([F])([F])([F])([F])[F]. The van der Waals surface area contributed by atoms with E-state index in [4.69, 9.17) is 4.74 Å². The summed E-state index contributed by atoms with van der Waals surface area (Å²) in [5.74, 6) is 1.01. The summed E-state index contributed by atoms with van der Waals surface area (Å²) < 4.78 is 67.7. The van der Waals surface area contributed by atoms with Crippen LogP contribution in [0.15, 0.2) is 54.6 Å². The number of methoxy groups -OCH3 is 1. The maximum atomic E-state index is 9.93. The van der Waals surface area contributed by atoms with Crippen LogP contribution in [0.25, 0.3) is 0 Å². The van der Waals surface area contributed by atoms with E-state index in [9.17, 15) is 16.9 Å². The van der Waals surface area contributed by atoms with Crippen LogP contribution in [0.5, 0.6) is 5.75 Å². The molecule has 0 heterocycles. The molecule has 0 aromatic heterocycles. The minimum absolute atomic E-state index is 0.124. The van der Waals surface area contributed by atoms with Gasteiger partial charge in [0.05, 0.1) is 7.11 Å². The zero-order chi connectivity index (χ0) is 16.9. The molecule has 1 nitrogen and oxygen atoms in total. The molecule has 0 aliphatic rings. The van der Waals surface area contributed by atoms with Crippen molar-refractivity contribution in [3.05, 3.63) is 61.7 Å². The predicted molar refractivity (Wildman–Crippen MR) is 69.2 cm³/mol. The van der Waals surface area contributed by atoms with Crippen molar-refractivity contribution in [3.8, 4) is 5.75 Å². The Balaban J connectivity index is 0.000000295. The fraction of sp³-hybridized carbons (Fsp3) is 0.0769. The molecule has 0 fully saturated rings. The van der Waals surface area contributed by atoms with Crippen molar-refractivity contribution in [2.24, 2.45) is 0 Å². The van der Waals surface area contributed by atoms with Gasteiger partial charge in [-0.3, -0.25) is 0 Å². The minimum atomic E-state index is -11.2. The van der Waals surface area contributed by atoms with E-state index in [1.807, 2.05) is 12.1 Å². The predicted octanol–water partition coefficient (Wildman–Crippen LogP) is 1.96. The quantitative estimate of drug-likeness (QED) is 0.325. The third kappa shape index (κ3) is 11.0. The molecule has 124 valence electrons. The molecule has 0 saturated heterocycles. The molecule has 0 spiro atoms. The summed E-state index contributed by atoms with van der Waals surface area (Å²) in [6.45, 7) is 0. The zero-order valence-electron chi connectivity index (χ0n) is 11.2. The first-order chi connectivity index (χ1) is 9.85. The first-order valence-corrected chi connectivity index (χ1v) is 13.7. The van der Waals surface area contributed by atoms with Gasteiger partial charge in [0.2, 0.25) is 3.57 Å². The molecular formula is C13H12F6IOSb. The van der Waals surface area contributed by atoms with Crippen molar-refractivity contribution in [2.45, 2.75) is 0 Å². The van der Waals surface area contributed by atoms with Crippen LogP contribution >= 0.6 is 0 Å². The van der Waals surface area contributed by atoms with Crippen LogP contribution in [0.2, 0.25) is 0 Å². The zero-order valence-corrected chi connectivity index (χ0v) is 15.9. The molecule has 0 unspecified atom stereocenters. The Hall–Kier alpha value is -0.632. The van der Waals surface area contributed by atoms with Crippen LogP contribution < -0.4 is 25.9 Å². The van der Waals surface area contributed by atoms with E-state index < -0.39 is 19.5 Å². The third-order valence-electron chi connectivity index (χ3n) is 2.00. The van der Waals surface area contributed by atoms with Crippen molar-refractivity contribution in [1.82, 2.24) is 0 Å². The first kappa shape index (κ1) is 19.4. The second kappa shape index (κ2) is 6.47. The van der Waals surface area contributed by atoms with Gasteiger partial charge in [0, 0.05) is 0 Å². The van der Waals surface area contributed by atoms with Crippen molar-refractivity contribution < 1.29 is 42.8 Å². The van der Waals surface area contributed by atoms with E-state index in [1.54, 1.807) is 7.11 Å². The van der Waals surface area contributed by atoms with Gasteiger partial charge in [-0.1, -0.05) is 30.3 Å². The summed E-state index contributed by atoms with van der Waals surface area (Å²) in [5, 5.41) is 0. The van der Waals surface area contributed by atoms with Gasteiger partial charge in [-0.25, -0.2) is 0 Å². The molecule has 0 atom stereocenters. The fourth-order valence-electron chi connectivity index (χ4n) is 1.28. The van der Waals surface area contributed by atoms with Crippen LogP contribution in [-0.2, 0) is 0 Å². The van der Waals surface area contributed by atoms with Crippen LogP contribution in [0, 0.1) is 7.14 Å². The molecule has 0 aliphatic carbocycles. The number of rotatable bonds is 3. The van der Waals surface area contributed by atoms with Crippen LogP contribution in [-0.4, -0.2) is 26.6 Å². The molecule has 0 aliphatic heterocycles. The van der Waals surface area contributed by atoms with Crippen molar-refractivity contribution in [2.75, 3.05) is 7.11 Å². The number of benzene rings is 2. The van der Waals surface area contributed by atoms with Crippen molar-refractivity contribution >= 4 is 19.5 Å². The Morgan fingerprint density at radius 1 is 0.773 bits per heavy atom. The van der Waals surface area contributed by atoms with Crippen LogP contribution in [0.4, 0.5) is 16.9 Å². The summed E-state index contributed by atoms with van der Waals surface area (Å²) in [7, 11) is 1.73. The number of hydrogen-bond donors (Lipinski definition) is 0. The van der Waals surface area contributed by atoms with Gasteiger partial charge in [-0.05, 0) is 24.3 Å². The average Bonchev–Trinajstić information content (AvgIpc) is 2.37. The summed E-state index contributed by atoms with van der Waals surface area (Å²) in [4.78, 5) is 0. The maximum absolute atomic E-state index is 11.2. The van der Waals surface area contributed by atoms with E-state index in [0.717, 1.165) is 5.75 Å². The molecule has 22 heavy (non-hydrogen) atoms. The molecule has 2 aromatic carbocycles. The first-order valence-electron chi connectivity index (χ1n) is 5.74. The Morgan fingerprint density at radius 2 is 1.23 bits per heavy atom. The number of hydrogen-bond acceptors (Lipinski definition) is 1. The normalized spacial score (nSPS) is 14.1. The number of halogens is 7. The van der Waals surface area contributed by atoms with Gasteiger partial charge >= 0.3 is 57.6 Å². The summed E-state index contributed by atoms with van der Waals surface area (Å²) in [6, 6.07) is 18.8. The Bertz CT molecular complexity index is 603. The van der Waals surface area contributed by atoms with Gasteiger partial charge in [-0.2, -0.15) is 0 Å². The van der Waals surface area contributed by atoms with E-state index in [0.29, 0.717) is 0 Å². The fourth-order valence-corrected chi connectivity index (χ4v) is 3.78. The molecule has 9 heteroatoms. The topological polar surface area (TPSA) is 9.23 Å². The summed E-state index contributed by atoms with van der Waals surface area (Å²) in [5.41, 5.74) is 0. The monoisotopic (exact) mass is 546 g/mol. The molecule has 0 radical (unpaired) electrons. The van der Waals surface area contributed by atoms with E-state index in [-0.39, 0.29) is 21.2 Å². The molecule has 2 aromatic rings. The van der Waals surface area contributed by atoms with Crippen LogP contribution in [0.3, 0.4) is 0 Å². The number of ether oxygens (including phenoxy) is 1. The average molecular weight is 547 g/mol. The van der Waals surface area contributed by atoms with E-state index >= 15 is 0 Å². The van der Waals surface area contributed by atoms with E-state index in [2.05, 4.69) is 42.5 Å². The van der Waals surface area contributed by atoms with E-state index in [1.165, 1.54) is 7.14 Å². The molecular weight excluding hydrogens is 535 g/mol. The van der Waals surface area contributed by atoms with Gasteiger partial charge in [0.15, 0.2) is 9.32 Å². The van der Waals surface area contributed by atoms with Gasteiger partial charge in [0.1, 0.15) is 0 Å².